The molecule has 3 aliphatic rings. The summed E-state index contributed by atoms with van der Waals surface area (Å²) in [6, 6.07) is 21.1. The van der Waals surface area contributed by atoms with E-state index < -0.39 is 17.4 Å². The molecule has 0 radical (unpaired) electrons. The lowest BCUT2D eigenvalue weighted by Gasteiger charge is -2.65. The van der Waals surface area contributed by atoms with Gasteiger partial charge in [0.2, 0.25) is 5.91 Å². The first-order valence-corrected chi connectivity index (χ1v) is 15.1. The summed E-state index contributed by atoms with van der Waals surface area (Å²) in [5.41, 5.74) is 2.12. The monoisotopic (exact) mass is 606 g/mol. The van der Waals surface area contributed by atoms with Crippen molar-refractivity contribution in [3.8, 4) is 11.5 Å². The molecule has 2 fully saturated rings. The number of likely N-dealkylation sites (tertiary alicyclic amines) is 1. The fraction of sp³-hybridized carbons (Fsp3) is 0.400. The van der Waals surface area contributed by atoms with Crippen LogP contribution >= 0.6 is 0 Å². The van der Waals surface area contributed by atoms with Crippen LogP contribution in [-0.2, 0) is 23.1 Å². The Morgan fingerprint density at radius 2 is 1.89 bits per heavy atom. The Balaban J connectivity index is 1.23. The van der Waals surface area contributed by atoms with Crippen LogP contribution in [0.1, 0.15) is 47.9 Å². The first-order valence-electron chi connectivity index (χ1n) is 15.1. The van der Waals surface area contributed by atoms with E-state index in [2.05, 4.69) is 21.8 Å². The molecular weight excluding hydrogens is 569 g/mol. The van der Waals surface area contributed by atoms with E-state index in [4.69, 9.17) is 0 Å². The van der Waals surface area contributed by atoms with Gasteiger partial charge in [0.1, 0.15) is 11.5 Å². The molecular formula is C35H37F3N2O4. The van der Waals surface area contributed by atoms with E-state index in [0.717, 1.165) is 30.6 Å². The second-order valence-corrected chi connectivity index (χ2v) is 12.4. The van der Waals surface area contributed by atoms with Crippen molar-refractivity contribution in [2.75, 3.05) is 20.1 Å². The first kappa shape index (κ1) is 30.2. The molecule has 4 atom stereocenters. The number of aromatic hydroxyl groups is 1. The smallest absolute Gasteiger partial charge is 0.508 e. The lowest BCUT2D eigenvalue weighted by Crippen LogP contribution is -2.74. The van der Waals surface area contributed by atoms with E-state index in [1.165, 1.54) is 35.9 Å². The Bertz CT molecular complexity index is 1540. The Labute approximate surface area is 255 Å². The highest BCUT2D eigenvalue weighted by Gasteiger charge is 2.64. The Kier molecular flexibility index (Phi) is 7.96. The molecule has 6 rings (SSSR count). The molecule has 0 aromatic heterocycles. The number of piperidine rings is 1. The number of aliphatic hydroxyl groups is 1. The molecule has 44 heavy (non-hydrogen) atoms. The maximum Gasteiger partial charge on any atom is 0.573 e. The van der Waals surface area contributed by atoms with E-state index in [1.54, 1.807) is 30.1 Å². The van der Waals surface area contributed by atoms with Crippen LogP contribution in [0.15, 0.2) is 78.9 Å². The lowest BCUT2D eigenvalue weighted by molar-refractivity contribution is -0.274. The van der Waals surface area contributed by atoms with E-state index >= 15 is 0 Å². The number of hydrogen-bond donors (Lipinski definition) is 2. The van der Waals surface area contributed by atoms with E-state index in [0.29, 0.717) is 37.7 Å². The number of likely N-dealkylation sites (N-methyl/N-ethyl adjacent to an activating group) is 1. The van der Waals surface area contributed by atoms with Crippen molar-refractivity contribution in [1.82, 2.24) is 9.80 Å². The number of rotatable bonds is 7. The van der Waals surface area contributed by atoms with Crippen molar-refractivity contribution >= 4 is 12.0 Å². The van der Waals surface area contributed by atoms with Gasteiger partial charge in [0, 0.05) is 37.2 Å². The molecule has 0 spiro atoms. The number of hydrogen-bond acceptors (Lipinski definition) is 5. The van der Waals surface area contributed by atoms with Gasteiger partial charge in [-0.05, 0) is 97.7 Å². The van der Waals surface area contributed by atoms with Crippen molar-refractivity contribution in [3.05, 3.63) is 101 Å². The Morgan fingerprint density at radius 3 is 2.66 bits per heavy atom. The SMILES string of the molecule is CN(C(=O)/C=C/c1cccc(OC(F)(F)F)c1)C1CC[C@@]2(O)[C@H]3Cc4ccc(O)cc4[C@@]2(CCN3CCc2ccccc2)C1. The molecule has 6 nitrogen and oxygen atoms in total. The minimum Gasteiger partial charge on any atom is -0.508 e. The summed E-state index contributed by atoms with van der Waals surface area (Å²) in [7, 11) is 1.74. The number of alkyl halides is 3. The third-order valence-corrected chi connectivity index (χ3v) is 10.0. The normalized spacial score (nSPS) is 26.6. The van der Waals surface area contributed by atoms with Gasteiger partial charge < -0.3 is 19.8 Å². The third-order valence-electron chi connectivity index (χ3n) is 10.0. The quantitative estimate of drug-likeness (QED) is 0.330. The molecule has 2 aliphatic carbocycles. The number of phenolic OH excluding ortho intramolecular Hbond substituents is 1. The van der Waals surface area contributed by atoms with Crippen LogP contribution in [0, 0.1) is 0 Å². The van der Waals surface area contributed by atoms with Gasteiger partial charge in [-0.15, -0.1) is 13.2 Å². The number of carbonyl (C=O) groups excluding carboxylic acids is 1. The molecule has 232 valence electrons. The maximum atomic E-state index is 13.3. The minimum atomic E-state index is -4.80. The first-order chi connectivity index (χ1) is 21.0. The van der Waals surface area contributed by atoms with Crippen LogP contribution < -0.4 is 4.74 Å². The fourth-order valence-corrected chi connectivity index (χ4v) is 7.87. The average Bonchev–Trinajstić information content (AvgIpc) is 2.99. The molecule has 2 N–H and O–H groups in total. The molecule has 1 saturated heterocycles. The molecule has 3 aromatic rings. The zero-order valence-electron chi connectivity index (χ0n) is 24.6. The predicted molar refractivity (Wildman–Crippen MR) is 161 cm³/mol. The Morgan fingerprint density at radius 1 is 1.09 bits per heavy atom. The zero-order valence-corrected chi connectivity index (χ0v) is 24.6. The summed E-state index contributed by atoms with van der Waals surface area (Å²) >= 11 is 0. The topological polar surface area (TPSA) is 73.2 Å². The van der Waals surface area contributed by atoms with Gasteiger partial charge in [-0.25, -0.2) is 0 Å². The second kappa shape index (κ2) is 11.6. The maximum absolute atomic E-state index is 13.3. The van der Waals surface area contributed by atoms with Crippen LogP contribution in [-0.4, -0.2) is 70.1 Å². The van der Waals surface area contributed by atoms with Crippen molar-refractivity contribution < 1.29 is 32.9 Å². The highest BCUT2D eigenvalue weighted by atomic mass is 19.4. The molecule has 1 aliphatic heterocycles. The number of carbonyl (C=O) groups is 1. The summed E-state index contributed by atoms with van der Waals surface area (Å²) < 4.78 is 41.9. The Hall–Kier alpha value is -3.82. The average molecular weight is 607 g/mol. The van der Waals surface area contributed by atoms with Crippen molar-refractivity contribution in [3.63, 3.8) is 0 Å². The summed E-state index contributed by atoms with van der Waals surface area (Å²) in [4.78, 5) is 17.4. The molecule has 9 heteroatoms. The van der Waals surface area contributed by atoms with E-state index in [-0.39, 0.29) is 29.5 Å². The summed E-state index contributed by atoms with van der Waals surface area (Å²) in [5, 5.41) is 23.1. The number of benzene rings is 3. The zero-order chi connectivity index (χ0) is 31.1. The second-order valence-electron chi connectivity index (χ2n) is 12.4. The fourth-order valence-electron chi connectivity index (χ4n) is 7.87. The number of ether oxygens (including phenoxy) is 1. The number of fused-ring (bicyclic) bond motifs is 1. The molecule has 1 saturated carbocycles. The van der Waals surface area contributed by atoms with Crippen LogP contribution in [0.3, 0.4) is 0 Å². The van der Waals surface area contributed by atoms with E-state index in [1.807, 2.05) is 24.3 Å². The molecule has 1 unspecified atom stereocenters. The number of halogens is 3. The van der Waals surface area contributed by atoms with E-state index in [9.17, 15) is 28.2 Å². The highest BCUT2D eigenvalue weighted by molar-refractivity contribution is 5.91. The highest BCUT2D eigenvalue weighted by Crippen LogP contribution is 2.59. The minimum absolute atomic E-state index is 0.0787. The lowest BCUT2D eigenvalue weighted by atomic mass is 9.48. The van der Waals surface area contributed by atoms with Gasteiger partial charge in [-0.2, -0.15) is 0 Å². The molecule has 1 heterocycles. The van der Waals surface area contributed by atoms with Gasteiger partial charge in [0.15, 0.2) is 0 Å². The van der Waals surface area contributed by atoms with Crippen LogP contribution in [0.2, 0.25) is 0 Å². The van der Waals surface area contributed by atoms with Gasteiger partial charge in [-0.3, -0.25) is 9.69 Å². The summed E-state index contributed by atoms with van der Waals surface area (Å²) in [5.74, 6) is -0.463. The molecule has 1 amide bonds. The van der Waals surface area contributed by atoms with Gasteiger partial charge in [0.05, 0.1) is 5.60 Å². The number of nitrogens with zero attached hydrogens (tertiary/aromatic N) is 2. The number of amides is 1. The predicted octanol–water partition coefficient (Wildman–Crippen LogP) is 5.86. The van der Waals surface area contributed by atoms with Crippen LogP contribution in [0.4, 0.5) is 13.2 Å². The summed E-state index contributed by atoms with van der Waals surface area (Å²) in [6.45, 7) is 1.64. The van der Waals surface area contributed by atoms with Crippen molar-refractivity contribution in [1.29, 1.82) is 0 Å². The molecule has 3 aromatic carbocycles. The van der Waals surface area contributed by atoms with Crippen molar-refractivity contribution in [2.45, 2.75) is 68.0 Å². The molecule has 2 bridgehead atoms. The number of phenols is 1. The van der Waals surface area contributed by atoms with Gasteiger partial charge in [0.25, 0.3) is 0 Å². The van der Waals surface area contributed by atoms with Crippen molar-refractivity contribution in [2.24, 2.45) is 0 Å². The standard InChI is InChI=1S/C35H37F3N2O4/c1-39(32(42)13-10-25-8-5-9-29(20-25)44-35(36,37)38)27-14-16-34(43)31-21-26-11-12-28(41)22-30(26)33(34,23-27)17-19-40(31)18-15-24-6-3-2-4-7-24/h2-13,20,22,27,31,41,43H,14-19,21,23H2,1H3/b13-10+/t27?,31-,33-,34-/m1/s1. The van der Waals surface area contributed by atoms with Gasteiger partial charge >= 0.3 is 6.36 Å². The van der Waals surface area contributed by atoms with Gasteiger partial charge in [-0.1, -0.05) is 48.5 Å². The summed E-state index contributed by atoms with van der Waals surface area (Å²) in [6.07, 6.45) is 2.00. The third kappa shape index (κ3) is 5.71. The van der Waals surface area contributed by atoms with Crippen LogP contribution in [0.25, 0.3) is 6.08 Å². The largest absolute Gasteiger partial charge is 0.573 e. The van der Waals surface area contributed by atoms with Crippen LogP contribution in [0.5, 0.6) is 11.5 Å².